The molecule has 2 fully saturated rings. The topological polar surface area (TPSA) is 63.2 Å². The lowest BCUT2D eigenvalue weighted by atomic mass is 9.99. The summed E-state index contributed by atoms with van der Waals surface area (Å²) in [6, 6.07) is 8.86. The van der Waals surface area contributed by atoms with Gasteiger partial charge in [0.25, 0.3) is 0 Å². The molecule has 0 saturated carbocycles. The Labute approximate surface area is 135 Å². The monoisotopic (exact) mass is 322 g/mol. The van der Waals surface area contributed by atoms with Crippen LogP contribution in [-0.2, 0) is 23.7 Å². The molecule has 2 aliphatic heterocycles. The average Bonchev–Trinajstić information content (AvgIpc) is 2.98. The highest BCUT2D eigenvalue weighted by molar-refractivity contribution is 5.89. The molecule has 2 aliphatic rings. The molecule has 0 unspecified atom stereocenters. The second-order valence-corrected chi connectivity index (χ2v) is 5.72. The third-order valence-corrected chi connectivity index (χ3v) is 4.18. The van der Waals surface area contributed by atoms with E-state index >= 15 is 0 Å². The van der Waals surface area contributed by atoms with Crippen molar-refractivity contribution in [1.82, 2.24) is 0 Å². The lowest BCUT2D eigenvalue weighted by Crippen LogP contribution is -2.57. The van der Waals surface area contributed by atoms with E-state index in [9.17, 15) is 4.79 Å². The first-order valence-electron chi connectivity index (χ1n) is 7.89. The van der Waals surface area contributed by atoms with Crippen molar-refractivity contribution >= 4 is 5.97 Å². The summed E-state index contributed by atoms with van der Waals surface area (Å²) in [6.45, 7) is 3.81. The van der Waals surface area contributed by atoms with Crippen LogP contribution in [0.4, 0.5) is 0 Å². The van der Waals surface area contributed by atoms with E-state index in [1.165, 1.54) is 0 Å². The Morgan fingerprint density at radius 3 is 2.52 bits per heavy atom. The molecular formula is C17H22O6. The molecule has 0 spiro atoms. The molecule has 1 aromatic carbocycles. The normalized spacial score (nSPS) is 36.5. The van der Waals surface area contributed by atoms with Crippen LogP contribution >= 0.6 is 0 Å². The van der Waals surface area contributed by atoms with Crippen molar-refractivity contribution in [2.45, 2.75) is 57.3 Å². The van der Waals surface area contributed by atoms with Crippen LogP contribution in [-0.4, -0.2) is 50.1 Å². The minimum Gasteiger partial charge on any atom is -0.453 e. The summed E-state index contributed by atoms with van der Waals surface area (Å²) in [5, 5.41) is 0. The van der Waals surface area contributed by atoms with Crippen LogP contribution in [0, 0.1) is 0 Å². The predicted molar refractivity (Wildman–Crippen MR) is 80.8 cm³/mol. The molecule has 1 aromatic rings. The second-order valence-electron chi connectivity index (χ2n) is 5.72. The number of esters is 1. The summed E-state index contributed by atoms with van der Waals surface area (Å²) in [6.07, 6.45) is -1.86. The van der Waals surface area contributed by atoms with Crippen molar-refractivity contribution in [2.75, 3.05) is 7.11 Å². The largest absolute Gasteiger partial charge is 0.453 e. The summed E-state index contributed by atoms with van der Waals surface area (Å²) in [5.74, 6) is -0.405. The Balaban J connectivity index is 1.74. The number of methoxy groups -OCH3 is 1. The molecule has 0 amide bonds. The molecule has 0 aliphatic carbocycles. The zero-order chi connectivity index (χ0) is 16.4. The van der Waals surface area contributed by atoms with Gasteiger partial charge in [0.2, 0.25) is 0 Å². The van der Waals surface area contributed by atoms with Gasteiger partial charge in [-0.25, -0.2) is 4.79 Å². The molecule has 126 valence electrons. The highest BCUT2D eigenvalue weighted by atomic mass is 16.8. The fourth-order valence-corrected chi connectivity index (χ4v) is 2.97. The van der Waals surface area contributed by atoms with Crippen molar-refractivity contribution in [2.24, 2.45) is 0 Å². The Morgan fingerprint density at radius 1 is 1.13 bits per heavy atom. The van der Waals surface area contributed by atoms with Crippen LogP contribution in [0.3, 0.4) is 0 Å². The molecule has 2 heterocycles. The molecule has 0 N–H and O–H groups in total. The zero-order valence-corrected chi connectivity index (χ0v) is 13.5. The minimum atomic E-state index is -0.562. The van der Waals surface area contributed by atoms with Crippen molar-refractivity contribution in [1.29, 1.82) is 0 Å². The number of hydrogen-bond acceptors (Lipinski definition) is 6. The first kappa shape index (κ1) is 16.4. The number of hydrogen-bond donors (Lipinski definition) is 0. The fraction of sp³-hybridized carbons (Fsp3) is 0.588. The number of rotatable bonds is 4. The van der Waals surface area contributed by atoms with Gasteiger partial charge in [-0.05, 0) is 25.5 Å². The fourth-order valence-electron chi connectivity index (χ4n) is 2.97. The van der Waals surface area contributed by atoms with Crippen LogP contribution in [0.5, 0.6) is 0 Å². The van der Waals surface area contributed by atoms with Gasteiger partial charge in [0.1, 0.15) is 12.2 Å². The highest BCUT2D eigenvalue weighted by Crippen LogP contribution is 2.34. The van der Waals surface area contributed by atoms with E-state index in [-0.39, 0.29) is 12.4 Å². The van der Waals surface area contributed by atoms with Gasteiger partial charge in [0, 0.05) is 7.11 Å². The molecule has 6 nitrogen and oxygen atoms in total. The SMILES string of the molecule is CC[C@H]1O[C@H]2O[C@H](C)[C@H](OC(=O)c3ccccc3)[C@H](OC)[C@H]2O1. The van der Waals surface area contributed by atoms with E-state index in [2.05, 4.69) is 0 Å². The van der Waals surface area contributed by atoms with Gasteiger partial charge in [0.15, 0.2) is 18.7 Å². The molecule has 2 saturated heterocycles. The smallest absolute Gasteiger partial charge is 0.338 e. The lowest BCUT2D eigenvalue weighted by Gasteiger charge is -2.40. The molecule has 0 aromatic heterocycles. The van der Waals surface area contributed by atoms with Crippen LogP contribution in [0.1, 0.15) is 30.6 Å². The summed E-state index contributed by atoms with van der Waals surface area (Å²) < 4.78 is 28.5. The zero-order valence-electron chi connectivity index (χ0n) is 13.5. The number of fused-ring (bicyclic) bond motifs is 1. The first-order chi connectivity index (χ1) is 11.1. The van der Waals surface area contributed by atoms with E-state index in [4.69, 9.17) is 23.7 Å². The molecule has 23 heavy (non-hydrogen) atoms. The van der Waals surface area contributed by atoms with E-state index in [1.54, 1.807) is 31.4 Å². The van der Waals surface area contributed by atoms with E-state index in [0.29, 0.717) is 5.56 Å². The molecule has 6 heteroatoms. The third kappa shape index (κ3) is 3.26. The first-order valence-corrected chi connectivity index (χ1v) is 7.89. The van der Waals surface area contributed by atoms with E-state index in [1.807, 2.05) is 19.9 Å². The van der Waals surface area contributed by atoms with Gasteiger partial charge in [-0.2, -0.15) is 0 Å². The second kappa shape index (κ2) is 6.97. The summed E-state index contributed by atoms with van der Waals surface area (Å²) in [5.41, 5.74) is 0.492. The summed E-state index contributed by atoms with van der Waals surface area (Å²) >= 11 is 0. The Morgan fingerprint density at radius 2 is 1.87 bits per heavy atom. The Bertz CT molecular complexity index is 533. The average molecular weight is 322 g/mol. The van der Waals surface area contributed by atoms with Crippen molar-refractivity contribution in [3.05, 3.63) is 35.9 Å². The van der Waals surface area contributed by atoms with Gasteiger partial charge >= 0.3 is 5.97 Å². The molecule has 0 radical (unpaired) electrons. The third-order valence-electron chi connectivity index (χ3n) is 4.18. The van der Waals surface area contributed by atoms with Crippen molar-refractivity contribution < 1.29 is 28.5 Å². The number of ether oxygens (including phenoxy) is 5. The van der Waals surface area contributed by atoms with Gasteiger partial charge < -0.3 is 23.7 Å². The van der Waals surface area contributed by atoms with Gasteiger partial charge in [0.05, 0.1) is 11.7 Å². The summed E-state index contributed by atoms with van der Waals surface area (Å²) in [4.78, 5) is 12.3. The van der Waals surface area contributed by atoms with E-state index < -0.39 is 30.6 Å². The Hall–Kier alpha value is -1.47. The highest BCUT2D eigenvalue weighted by Gasteiger charge is 2.52. The van der Waals surface area contributed by atoms with Crippen LogP contribution in [0.15, 0.2) is 30.3 Å². The number of carbonyl (C=O) groups excluding carboxylic acids is 1. The van der Waals surface area contributed by atoms with Gasteiger partial charge in [-0.1, -0.05) is 25.1 Å². The molecular weight excluding hydrogens is 300 g/mol. The van der Waals surface area contributed by atoms with Crippen LogP contribution in [0.2, 0.25) is 0 Å². The van der Waals surface area contributed by atoms with Crippen molar-refractivity contribution in [3.63, 3.8) is 0 Å². The predicted octanol–water partition coefficient (Wildman–Crippen LogP) is 2.12. The number of carbonyl (C=O) groups is 1. The number of benzene rings is 1. The van der Waals surface area contributed by atoms with Gasteiger partial charge in [-0.3, -0.25) is 0 Å². The maximum Gasteiger partial charge on any atom is 0.338 e. The van der Waals surface area contributed by atoms with Crippen molar-refractivity contribution in [3.8, 4) is 0 Å². The molecule has 3 rings (SSSR count). The quantitative estimate of drug-likeness (QED) is 0.791. The lowest BCUT2D eigenvalue weighted by molar-refractivity contribution is -0.246. The maximum absolute atomic E-state index is 12.3. The maximum atomic E-state index is 12.3. The minimum absolute atomic E-state index is 0.321. The standard InChI is InChI=1S/C17H22O6/c1-4-12-21-15-14(19-3)13(10(2)20-17(15)22-12)23-16(18)11-8-6-5-7-9-11/h5-10,12-15,17H,4H2,1-3H3/t10-,12-,13+,14+,15-,17-/m1/s1. The Kier molecular flexibility index (Phi) is 4.96. The van der Waals surface area contributed by atoms with Gasteiger partial charge in [-0.15, -0.1) is 0 Å². The molecule has 6 atom stereocenters. The summed E-state index contributed by atoms with van der Waals surface area (Å²) in [7, 11) is 1.58. The van der Waals surface area contributed by atoms with Crippen LogP contribution in [0.25, 0.3) is 0 Å². The molecule has 0 bridgehead atoms. The van der Waals surface area contributed by atoms with Crippen LogP contribution < -0.4 is 0 Å². The van der Waals surface area contributed by atoms with E-state index in [0.717, 1.165) is 6.42 Å².